The standard InChI is InChI=1S/C12H15N3O3/c1-2-3-15-12(18)9-5-7(10(13)16)4-8(6-9)11(14)17/h4-6H,2-3H2,1H3,(H2,13,16)(H2,14,17)(H,15,18). The molecule has 0 saturated carbocycles. The monoisotopic (exact) mass is 249 g/mol. The number of benzene rings is 1. The van der Waals surface area contributed by atoms with Gasteiger partial charge >= 0.3 is 0 Å². The van der Waals surface area contributed by atoms with E-state index < -0.39 is 11.8 Å². The third-order valence-electron chi connectivity index (χ3n) is 2.30. The minimum atomic E-state index is -0.720. The fourth-order valence-electron chi connectivity index (χ4n) is 1.38. The fourth-order valence-corrected chi connectivity index (χ4v) is 1.38. The fraction of sp³-hybridized carbons (Fsp3) is 0.250. The lowest BCUT2D eigenvalue weighted by atomic mass is 10.0. The molecule has 0 aliphatic rings. The molecule has 0 heterocycles. The Hall–Kier alpha value is -2.37. The maximum absolute atomic E-state index is 11.7. The van der Waals surface area contributed by atoms with Crippen molar-refractivity contribution in [2.45, 2.75) is 13.3 Å². The number of carbonyl (C=O) groups is 3. The Labute approximate surface area is 104 Å². The molecule has 0 aliphatic carbocycles. The number of carbonyl (C=O) groups excluding carboxylic acids is 3. The minimum Gasteiger partial charge on any atom is -0.366 e. The van der Waals surface area contributed by atoms with E-state index in [1.54, 1.807) is 0 Å². The van der Waals surface area contributed by atoms with Crippen LogP contribution in [-0.2, 0) is 0 Å². The van der Waals surface area contributed by atoms with Crippen LogP contribution >= 0.6 is 0 Å². The van der Waals surface area contributed by atoms with Gasteiger partial charge in [-0.2, -0.15) is 0 Å². The molecule has 96 valence electrons. The lowest BCUT2D eigenvalue weighted by Gasteiger charge is -2.06. The van der Waals surface area contributed by atoms with E-state index in [1.165, 1.54) is 18.2 Å². The van der Waals surface area contributed by atoms with Crippen molar-refractivity contribution in [1.29, 1.82) is 0 Å². The molecule has 0 spiro atoms. The maximum Gasteiger partial charge on any atom is 0.251 e. The summed E-state index contributed by atoms with van der Waals surface area (Å²) < 4.78 is 0. The minimum absolute atomic E-state index is 0.0768. The summed E-state index contributed by atoms with van der Waals surface area (Å²) in [6, 6.07) is 3.93. The summed E-state index contributed by atoms with van der Waals surface area (Å²) >= 11 is 0. The third-order valence-corrected chi connectivity index (χ3v) is 2.30. The van der Waals surface area contributed by atoms with Crippen molar-refractivity contribution in [2.24, 2.45) is 11.5 Å². The molecule has 1 rings (SSSR count). The number of hydrogen-bond acceptors (Lipinski definition) is 3. The molecule has 0 unspecified atom stereocenters. The van der Waals surface area contributed by atoms with E-state index in [1.807, 2.05) is 6.92 Å². The van der Waals surface area contributed by atoms with Crippen molar-refractivity contribution in [3.8, 4) is 0 Å². The molecule has 18 heavy (non-hydrogen) atoms. The second-order valence-corrected chi connectivity index (χ2v) is 3.78. The first-order valence-corrected chi connectivity index (χ1v) is 5.48. The SMILES string of the molecule is CCCNC(=O)c1cc(C(N)=O)cc(C(N)=O)c1. The number of rotatable bonds is 5. The molecular weight excluding hydrogens is 234 g/mol. The van der Waals surface area contributed by atoms with E-state index in [9.17, 15) is 14.4 Å². The average Bonchev–Trinajstić information content (AvgIpc) is 2.35. The van der Waals surface area contributed by atoms with E-state index in [4.69, 9.17) is 11.5 Å². The number of amides is 3. The van der Waals surface area contributed by atoms with E-state index in [2.05, 4.69) is 5.32 Å². The zero-order chi connectivity index (χ0) is 13.7. The molecule has 0 bridgehead atoms. The van der Waals surface area contributed by atoms with Gasteiger partial charge in [0.05, 0.1) is 0 Å². The first kappa shape index (κ1) is 13.7. The van der Waals surface area contributed by atoms with Gasteiger partial charge in [0.25, 0.3) is 5.91 Å². The van der Waals surface area contributed by atoms with Gasteiger partial charge in [0, 0.05) is 23.2 Å². The summed E-state index contributed by atoms with van der Waals surface area (Å²) in [5.41, 5.74) is 10.6. The number of nitrogens with one attached hydrogen (secondary N) is 1. The molecular formula is C12H15N3O3. The molecule has 0 aliphatic heterocycles. The molecule has 0 atom stereocenters. The van der Waals surface area contributed by atoms with Gasteiger partial charge in [0.2, 0.25) is 11.8 Å². The second kappa shape index (κ2) is 5.81. The van der Waals surface area contributed by atoms with Crippen LogP contribution in [0.3, 0.4) is 0 Å². The Morgan fingerprint density at radius 1 is 1.00 bits per heavy atom. The van der Waals surface area contributed by atoms with Crippen LogP contribution in [0.15, 0.2) is 18.2 Å². The van der Waals surface area contributed by atoms with Crippen molar-refractivity contribution >= 4 is 17.7 Å². The second-order valence-electron chi connectivity index (χ2n) is 3.78. The Bertz CT molecular complexity index is 465. The zero-order valence-electron chi connectivity index (χ0n) is 10.0. The van der Waals surface area contributed by atoms with Crippen molar-refractivity contribution in [3.63, 3.8) is 0 Å². The Morgan fingerprint density at radius 2 is 1.44 bits per heavy atom. The normalized spacial score (nSPS) is 9.83. The highest BCUT2D eigenvalue weighted by Gasteiger charge is 2.13. The zero-order valence-corrected chi connectivity index (χ0v) is 10.0. The highest BCUT2D eigenvalue weighted by atomic mass is 16.2. The van der Waals surface area contributed by atoms with Crippen LogP contribution in [0, 0.1) is 0 Å². The summed E-state index contributed by atoms with van der Waals surface area (Å²) in [4.78, 5) is 33.9. The summed E-state index contributed by atoms with van der Waals surface area (Å²) in [6.07, 6.45) is 0.782. The number of nitrogens with two attached hydrogens (primary N) is 2. The Balaban J connectivity index is 3.14. The van der Waals surface area contributed by atoms with Crippen LogP contribution in [0.25, 0.3) is 0 Å². The first-order valence-electron chi connectivity index (χ1n) is 5.48. The summed E-state index contributed by atoms with van der Waals surface area (Å²) in [7, 11) is 0. The summed E-state index contributed by atoms with van der Waals surface area (Å²) in [5.74, 6) is -1.81. The van der Waals surface area contributed by atoms with E-state index in [0.29, 0.717) is 6.54 Å². The molecule has 6 heteroatoms. The third kappa shape index (κ3) is 3.31. The van der Waals surface area contributed by atoms with Crippen LogP contribution in [-0.4, -0.2) is 24.3 Å². The van der Waals surface area contributed by atoms with Crippen LogP contribution < -0.4 is 16.8 Å². The maximum atomic E-state index is 11.7. The lowest BCUT2D eigenvalue weighted by Crippen LogP contribution is -2.25. The van der Waals surface area contributed by atoms with Gasteiger partial charge in [-0.1, -0.05) is 6.92 Å². The average molecular weight is 249 g/mol. The predicted molar refractivity (Wildman–Crippen MR) is 66.1 cm³/mol. The van der Waals surface area contributed by atoms with Crippen molar-refractivity contribution in [1.82, 2.24) is 5.32 Å². The molecule has 0 aromatic heterocycles. The van der Waals surface area contributed by atoms with E-state index in [0.717, 1.165) is 6.42 Å². The topological polar surface area (TPSA) is 115 Å². The van der Waals surface area contributed by atoms with Crippen molar-refractivity contribution in [3.05, 3.63) is 34.9 Å². The Morgan fingerprint density at radius 3 is 1.83 bits per heavy atom. The summed E-state index contributed by atoms with van der Waals surface area (Å²) in [6.45, 7) is 2.42. The van der Waals surface area contributed by atoms with Crippen molar-refractivity contribution < 1.29 is 14.4 Å². The van der Waals surface area contributed by atoms with Crippen LogP contribution in [0.4, 0.5) is 0 Å². The van der Waals surface area contributed by atoms with E-state index in [-0.39, 0.29) is 22.6 Å². The van der Waals surface area contributed by atoms with Gasteiger partial charge < -0.3 is 16.8 Å². The molecule has 0 fully saturated rings. The van der Waals surface area contributed by atoms with Crippen LogP contribution in [0.2, 0.25) is 0 Å². The molecule has 5 N–H and O–H groups in total. The number of hydrogen-bond donors (Lipinski definition) is 3. The molecule has 1 aromatic carbocycles. The van der Waals surface area contributed by atoms with Crippen LogP contribution in [0.5, 0.6) is 0 Å². The van der Waals surface area contributed by atoms with Gasteiger partial charge in [-0.05, 0) is 24.6 Å². The van der Waals surface area contributed by atoms with Gasteiger partial charge in [-0.3, -0.25) is 14.4 Å². The van der Waals surface area contributed by atoms with Gasteiger partial charge in [-0.25, -0.2) is 0 Å². The molecule has 0 saturated heterocycles. The van der Waals surface area contributed by atoms with Gasteiger partial charge in [0.15, 0.2) is 0 Å². The Kier molecular flexibility index (Phi) is 4.42. The van der Waals surface area contributed by atoms with E-state index >= 15 is 0 Å². The quantitative estimate of drug-likeness (QED) is 0.683. The predicted octanol–water partition coefficient (Wildman–Crippen LogP) is 0.0242. The molecule has 1 aromatic rings. The molecule has 6 nitrogen and oxygen atoms in total. The van der Waals surface area contributed by atoms with Gasteiger partial charge in [0.1, 0.15) is 0 Å². The van der Waals surface area contributed by atoms with Crippen molar-refractivity contribution in [2.75, 3.05) is 6.54 Å². The highest BCUT2D eigenvalue weighted by molar-refractivity contribution is 6.03. The molecule has 3 amide bonds. The highest BCUT2D eigenvalue weighted by Crippen LogP contribution is 2.10. The number of primary amides is 2. The molecule has 0 radical (unpaired) electrons. The lowest BCUT2D eigenvalue weighted by molar-refractivity contribution is 0.0953. The first-order chi connectivity index (χ1) is 8.45. The van der Waals surface area contributed by atoms with Gasteiger partial charge in [-0.15, -0.1) is 0 Å². The largest absolute Gasteiger partial charge is 0.366 e. The van der Waals surface area contributed by atoms with Crippen LogP contribution in [0.1, 0.15) is 44.4 Å². The summed E-state index contributed by atoms with van der Waals surface area (Å²) in [5, 5.41) is 2.64. The smallest absolute Gasteiger partial charge is 0.251 e.